The smallest absolute Gasteiger partial charge is 0.144 e. The lowest BCUT2D eigenvalue weighted by atomic mass is 10.1. The third-order valence-corrected chi connectivity index (χ3v) is 2.59. The molecule has 0 aliphatic rings. The number of aryl methyl sites for hydroxylation is 2. The van der Waals surface area contributed by atoms with E-state index >= 15 is 0 Å². The van der Waals surface area contributed by atoms with Crippen molar-refractivity contribution in [2.24, 2.45) is 0 Å². The molecule has 0 aliphatic carbocycles. The van der Waals surface area contributed by atoms with Crippen molar-refractivity contribution in [3.63, 3.8) is 0 Å². The van der Waals surface area contributed by atoms with E-state index in [1.165, 1.54) is 6.07 Å². The zero-order valence-electron chi connectivity index (χ0n) is 10.4. The highest BCUT2D eigenvalue weighted by Crippen LogP contribution is 2.07. The van der Waals surface area contributed by atoms with E-state index in [1.807, 2.05) is 13.0 Å². The van der Waals surface area contributed by atoms with Gasteiger partial charge in [0.05, 0.1) is 11.9 Å². The van der Waals surface area contributed by atoms with Crippen LogP contribution in [0.15, 0.2) is 36.7 Å². The second-order valence-corrected chi connectivity index (χ2v) is 4.21. The second-order valence-electron chi connectivity index (χ2n) is 4.21. The number of rotatable bonds is 5. The van der Waals surface area contributed by atoms with Crippen LogP contribution >= 0.6 is 0 Å². The van der Waals surface area contributed by atoms with Gasteiger partial charge in [-0.2, -0.15) is 0 Å². The summed E-state index contributed by atoms with van der Waals surface area (Å²) >= 11 is 0. The Morgan fingerprint density at radius 2 is 2.17 bits per heavy atom. The molecule has 1 aromatic heterocycles. The predicted octanol–water partition coefficient (Wildman–Crippen LogP) is 2.97. The molecule has 2 aromatic rings. The normalized spacial score (nSPS) is 10.3. The molecule has 0 spiro atoms. The van der Waals surface area contributed by atoms with Crippen LogP contribution in [0.25, 0.3) is 0 Å². The van der Waals surface area contributed by atoms with Crippen LogP contribution in [0.2, 0.25) is 0 Å². The molecule has 0 saturated heterocycles. The molecule has 18 heavy (non-hydrogen) atoms. The Labute approximate surface area is 106 Å². The average Bonchev–Trinajstić information content (AvgIpc) is 2.35. The number of aromatic nitrogens is 2. The van der Waals surface area contributed by atoms with Crippen LogP contribution in [0.3, 0.4) is 0 Å². The maximum absolute atomic E-state index is 13.0. The third kappa shape index (κ3) is 3.80. The van der Waals surface area contributed by atoms with Crippen molar-refractivity contribution in [2.45, 2.75) is 19.8 Å². The van der Waals surface area contributed by atoms with Crippen LogP contribution in [-0.4, -0.2) is 16.5 Å². The predicted molar refractivity (Wildman–Crippen MR) is 70.0 cm³/mol. The fourth-order valence-corrected chi connectivity index (χ4v) is 1.75. The van der Waals surface area contributed by atoms with E-state index in [9.17, 15) is 4.39 Å². The van der Waals surface area contributed by atoms with Crippen LogP contribution < -0.4 is 5.32 Å². The molecule has 0 amide bonds. The molecule has 0 atom stereocenters. The number of nitrogens with zero attached hydrogens (tertiary/aromatic N) is 2. The molecule has 0 fully saturated rings. The van der Waals surface area contributed by atoms with Crippen LogP contribution in [-0.2, 0) is 6.42 Å². The molecule has 0 radical (unpaired) electrons. The zero-order chi connectivity index (χ0) is 12.8. The first-order valence-electron chi connectivity index (χ1n) is 6.01. The number of benzene rings is 1. The lowest BCUT2D eigenvalue weighted by molar-refractivity contribution is 0.624. The summed E-state index contributed by atoms with van der Waals surface area (Å²) in [5, 5.41) is 3.20. The lowest BCUT2D eigenvalue weighted by Crippen LogP contribution is -2.05. The number of hydrogen-bond donors (Lipinski definition) is 1. The Balaban J connectivity index is 1.76. The van der Waals surface area contributed by atoms with Gasteiger partial charge < -0.3 is 5.32 Å². The van der Waals surface area contributed by atoms with Gasteiger partial charge in [-0.15, -0.1) is 0 Å². The van der Waals surface area contributed by atoms with Crippen molar-refractivity contribution in [2.75, 3.05) is 11.9 Å². The minimum atomic E-state index is -0.176. The number of nitrogens with one attached hydrogen (secondary N) is 1. The van der Waals surface area contributed by atoms with Crippen molar-refractivity contribution in [1.82, 2.24) is 9.97 Å². The van der Waals surface area contributed by atoms with E-state index in [0.717, 1.165) is 36.5 Å². The molecular formula is C14H16FN3. The molecule has 1 aromatic carbocycles. The van der Waals surface area contributed by atoms with Crippen molar-refractivity contribution < 1.29 is 4.39 Å². The maximum atomic E-state index is 13.0. The van der Waals surface area contributed by atoms with Crippen LogP contribution in [0.1, 0.15) is 17.7 Å². The van der Waals surface area contributed by atoms with Crippen molar-refractivity contribution in [3.8, 4) is 0 Å². The molecule has 0 aliphatic heterocycles. The first kappa shape index (κ1) is 12.5. The Hall–Kier alpha value is -1.97. The summed E-state index contributed by atoms with van der Waals surface area (Å²) in [6.07, 6.45) is 5.20. The molecule has 1 N–H and O–H groups in total. The van der Waals surface area contributed by atoms with E-state index in [4.69, 9.17) is 0 Å². The van der Waals surface area contributed by atoms with Gasteiger partial charge in [-0.1, -0.05) is 12.1 Å². The minimum Gasteiger partial charge on any atom is -0.369 e. The van der Waals surface area contributed by atoms with Gasteiger partial charge in [0.25, 0.3) is 0 Å². The highest BCUT2D eigenvalue weighted by molar-refractivity contribution is 5.31. The van der Waals surface area contributed by atoms with Gasteiger partial charge in [0.2, 0.25) is 0 Å². The van der Waals surface area contributed by atoms with Gasteiger partial charge in [0.15, 0.2) is 0 Å². The zero-order valence-corrected chi connectivity index (χ0v) is 10.4. The van der Waals surface area contributed by atoms with Gasteiger partial charge in [0.1, 0.15) is 11.6 Å². The van der Waals surface area contributed by atoms with Crippen molar-refractivity contribution >= 4 is 5.82 Å². The van der Waals surface area contributed by atoms with Gasteiger partial charge in [-0.25, -0.2) is 9.37 Å². The summed E-state index contributed by atoms with van der Waals surface area (Å²) in [4.78, 5) is 8.36. The quantitative estimate of drug-likeness (QED) is 0.823. The standard InChI is InChI=1S/C14H16FN3/c1-11-9-16-10-14(18-11)17-7-3-5-12-4-2-6-13(15)8-12/h2,4,6,8-10H,3,5,7H2,1H3,(H,17,18). The molecule has 0 unspecified atom stereocenters. The van der Waals surface area contributed by atoms with E-state index in [2.05, 4.69) is 15.3 Å². The summed E-state index contributed by atoms with van der Waals surface area (Å²) in [5.41, 5.74) is 1.91. The first-order chi connectivity index (χ1) is 8.74. The van der Waals surface area contributed by atoms with Crippen LogP contribution in [0, 0.1) is 12.7 Å². The summed E-state index contributed by atoms with van der Waals surface area (Å²) in [7, 11) is 0. The van der Waals surface area contributed by atoms with Crippen LogP contribution in [0.4, 0.5) is 10.2 Å². The summed E-state index contributed by atoms with van der Waals surface area (Å²) in [6, 6.07) is 6.72. The molecular weight excluding hydrogens is 229 g/mol. The second kappa shape index (κ2) is 6.10. The summed E-state index contributed by atoms with van der Waals surface area (Å²) in [6.45, 7) is 2.71. The average molecular weight is 245 g/mol. The number of anilines is 1. The van der Waals surface area contributed by atoms with E-state index in [0.29, 0.717) is 0 Å². The van der Waals surface area contributed by atoms with Crippen molar-refractivity contribution in [3.05, 3.63) is 53.7 Å². The lowest BCUT2D eigenvalue weighted by Gasteiger charge is -2.05. The monoisotopic (exact) mass is 245 g/mol. The third-order valence-electron chi connectivity index (χ3n) is 2.59. The molecule has 0 bridgehead atoms. The molecule has 4 heteroatoms. The highest BCUT2D eigenvalue weighted by atomic mass is 19.1. The Morgan fingerprint density at radius 3 is 2.94 bits per heavy atom. The first-order valence-corrected chi connectivity index (χ1v) is 6.01. The fraction of sp³-hybridized carbons (Fsp3) is 0.286. The largest absolute Gasteiger partial charge is 0.369 e. The molecule has 1 heterocycles. The van der Waals surface area contributed by atoms with E-state index in [-0.39, 0.29) is 5.82 Å². The SMILES string of the molecule is Cc1cncc(NCCCc2cccc(F)c2)n1. The Bertz CT molecular complexity index is 466. The van der Waals surface area contributed by atoms with E-state index in [1.54, 1.807) is 24.5 Å². The Morgan fingerprint density at radius 1 is 1.28 bits per heavy atom. The maximum Gasteiger partial charge on any atom is 0.144 e. The van der Waals surface area contributed by atoms with Gasteiger partial charge in [-0.3, -0.25) is 4.98 Å². The van der Waals surface area contributed by atoms with E-state index < -0.39 is 0 Å². The number of halogens is 1. The molecule has 0 saturated carbocycles. The van der Waals surface area contributed by atoms with Gasteiger partial charge in [-0.05, 0) is 37.5 Å². The highest BCUT2D eigenvalue weighted by Gasteiger charge is 1.97. The minimum absolute atomic E-state index is 0.176. The van der Waals surface area contributed by atoms with Crippen molar-refractivity contribution in [1.29, 1.82) is 0 Å². The fourth-order valence-electron chi connectivity index (χ4n) is 1.75. The summed E-state index contributed by atoms with van der Waals surface area (Å²) < 4.78 is 13.0. The topological polar surface area (TPSA) is 37.8 Å². The van der Waals surface area contributed by atoms with Gasteiger partial charge in [0, 0.05) is 12.7 Å². The molecule has 3 nitrogen and oxygen atoms in total. The molecule has 94 valence electrons. The molecule has 2 rings (SSSR count). The van der Waals surface area contributed by atoms with Crippen LogP contribution in [0.5, 0.6) is 0 Å². The van der Waals surface area contributed by atoms with Gasteiger partial charge >= 0.3 is 0 Å². The number of hydrogen-bond acceptors (Lipinski definition) is 3. The summed E-state index contributed by atoms with van der Waals surface area (Å²) in [5.74, 6) is 0.610. The Kier molecular flexibility index (Phi) is 4.23.